The van der Waals surface area contributed by atoms with E-state index in [2.05, 4.69) is 16.0 Å². The Morgan fingerprint density at radius 2 is 1.53 bits per heavy atom. The molecule has 14 nitrogen and oxygen atoms in total. The summed E-state index contributed by atoms with van der Waals surface area (Å²) in [4.78, 5) is 58.8. The Hall–Kier alpha value is -3.62. The number of nitrogens with two attached hydrogens (primary N) is 2. The van der Waals surface area contributed by atoms with Gasteiger partial charge in [-0.25, -0.2) is 0 Å². The number of nitro benzene ring substituents is 1. The van der Waals surface area contributed by atoms with Crippen LogP contribution >= 0.6 is 0 Å². The number of nitro groups is 1. The number of amides is 3. The first kappa shape index (κ1) is 37.4. The molecule has 3 amide bonds. The summed E-state index contributed by atoms with van der Waals surface area (Å²) in [5, 5.41) is 36.5. The van der Waals surface area contributed by atoms with Gasteiger partial charge in [0, 0.05) is 24.7 Å². The Morgan fingerprint density at radius 3 is 2.07 bits per heavy atom. The maximum Gasteiger partial charge on any atom is 0.300 e. The van der Waals surface area contributed by atoms with Crippen LogP contribution in [-0.2, 0) is 19.2 Å². The van der Waals surface area contributed by atoms with Gasteiger partial charge in [0.05, 0.1) is 17.1 Å². The molecule has 0 aromatic heterocycles. The van der Waals surface area contributed by atoms with Crippen molar-refractivity contribution in [2.75, 3.05) is 11.9 Å². The fraction of sp³-hybridized carbons (Fsp3) is 0.655. The third-order valence-corrected chi connectivity index (χ3v) is 7.15. The minimum atomic E-state index is -0.902. The maximum absolute atomic E-state index is 13.5. The van der Waals surface area contributed by atoms with E-state index < -0.39 is 46.7 Å². The van der Waals surface area contributed by atoms with Gasteiger partial charge in [0.2, 0.25) is 17.7 Å². The monoisotopic (exact) mass is 608 g/mol. The third kappa shape index (κ3) is 15.4. The molecule has 3 atom stereocenters. The van der Waals surface area contributed by atoms with Gasteiger partial charge in [-0.15, -0.1) is 0 Å². The summed E-state index contributed by atoms with van der Waals surface area (Å²) >= 11 is 0. The second kappa shape index (κ2) is 20.3. The van der Waals surface area contributed by atoms with E-state index in [1.807, 2.05) is 6.92 Å². The molecule has 1 aliphatic carbocycles. The molecule has 0 heterocycles. The average Bonchev–Trinajstić information content (AvgIpc) is 2.96. The van der Waals surface area contributed by atoms with Gasteiger partial charge in [-0.3, -0.25) is 29.3 Å². The van der Waals surface area contributed by atoms with Crippen molar-refractivity contribution in [3.05, 3.63) is 34.4 Å². The van der Waals surface area contributed by atoms with Crippen LogP contribution in [0, 0.1) is 16.0 Å². The fourth-order valence-corrected chi connectivity index (χ4v) is 4.71. The molecule has 1 saturated carbocycles. The Balaban J connectivity index is 0.00000217. The van der Waals surface area contributed by atoms with Crippen LogP contribution in [0.3, 0.4) is 0 Å². The number of carboxylic acid groups (broad SMARTS) is 1. The summed E-state index contributed by atoms with van der Waals surface area (Å²) in [6.45, 7) is 3.53. The van der Waals surface area contributed by atoms with E-state index in [9.17, 15) is 29.6 Å². The van der Waals surface area contributed by atoms with Gasteiger partial charge in [-0.2, -0.15) is 0 Å². The molecule has 0 saturated heterocycles. The van der Waals surface area contributed by atoms with Gasteiger partial charge in [0.1, 0.15) is 12.1 Å². The number of unbranched alkanes of at least 4 members (excludes halogenated alkanes) is 2. The van der Waals surface area contributed by atoms with Crippen LogP contribution in [0.1, 0.15) is 84.5 Å². The highest BCUT2D eigenvalue weighted by molar-refractivity contribution is 5.98. The summed E-state index contributed by atoms with van der Waals surface area (Å²) in [7, 11) is 0. The molecule has 1 aromatic carbocycles. The molecule has 1 fully saturated rings. The summed E-state index contributed by atoms with van der Waals surface area (Å²) in [5.41, 5.74) is 11.9. The molecule has 43 heavy (non-hydrogen) atoms. The zero-order chi connectivity index (χ0) is 32.4. The van der Waals surface area contributed by atoms with Gasteiger partial charge < -0.3 is 37.6 Å². The molecule has 242 valence electrons. The molecule has 0 aliphatic heterocycles. The van der Waals surface area contributed by atoms with Crippen LogP contribution in [0.2, 0.25) is 0 Å². The van der Waals surface area contributed by atoms with Gasteiger partial charge in [-0.1, -0.05) is 19.8 Å². The van der Waals surface area contributed by atoms with Crippen molar-refractivity contribution in [1.29, 1.82) is 0 Å². The smallest absolute Gasteiger partial charge is 0.300 e. The Morgan fingerprint density at radius 1 is 0.953 bits per heavy atom. The number of hydrogen-bond donors (Lipinski definition) is 7. The van der Waals surface area contributed by atoms with Crippen LogP contribution < -0.4 is 27.4 Å². The van der Waals surface area contributed by atoms with Crippen molar-refractivity contribution < 1.29 is 34.3 Å². The second-order valence-corrected chi connectivity index (χ2v) is 10.9. The highest BCUT2D eigenvalue weighted by atomic mass is 16.6. The first-order valence-corrected chi connectivity index (χ1v) is 14.9. The number of non-ortho nitro benzene ring substituents is 1. The fourth-order valence-electron chi connectivity index (χ4n) is 4.71. The van der Waals surface area contributed by atoms with Gasteiger partial charge in [0.25, 0.3) is 11.7 Å². The molecule has 0 spiro atoms. The number of benzene rings is 1. The standard InChI is InChI=1S/C27H44N6O6.C2H4O2/c1-2-3-6-22(29)25(35)32-24(17-18-8-14-21(34)15-9-18)27(37)31-23(7-4-5-16-28)26(36)30-19-10-12-20(13-11-19)33(38)39;1-2(3)4/h10-13,18,21-24,34H,2-9,14-17,28-29H2,1H3,(H,30,36)(H,31,37)(H,32,35);1H3,(H,3,4)/t18?,21?,22-,23+,24+;/m1./s1. The Bertz CT molecular complexity index is 1030. The number of aliphatic hydroxyl groups excluding tert-OH is 1. The minimum Gasteiger partial charge on any atom is -0.481 e. The molecule has 0 radical (unpaired) electrons. The number of carbonyl (C=O) groups excluding carboxylic acids is 3. The lowest BCUT2D eigenvalue weighted by Crippen LogP contribution is -2.55. The number of carbonyl (C=O) groups is 4. The number of aliphatic hydroxyl groups is 1. The van der Waals surface area contributed by atoms with Crippen molar-refractivity contribution in [2.45, 2.75) is 109 Å². The number of anilines is 1. The number of carboxylic acids is 1. The van der Waals surface area contributed by atoms with E-state index in [4.69, 9.17) is 21.4 Å². The molecule has 14 heteroatoms. The van der Waals surface area contributed by atoms with Crippen LogP contribution in [0.4, 0.5) is 11.4 Å². The molecule has 2 rings (SSSR count). The number of aliphatic carboxylic acids is 1. The molecular formula is C29H48N6O8. The SMILES string of the molecule is CC(=O)O.CCCC[C@@H](N)C(=O)N[C@@H](CC1CCC(O)CC1)C(=O)N[C@@H](CCCCN)C(=O)Nc1ccc([N+](=O)[O-])cc1. The van der Waals surface area contributed by atoms with Crippen molar-refractivity contribution in [3.63, 3.8) is 0 Å². The average molecular weight is 609 g/mol. The van der Waals surface area contributed by atoms with Gasteiger partial charge in [-0.05, 0) is 82.4 Å². The first-order valence-electron chi connectivity index (χ1n) is 14.9. The van der Waals surface area contributed by atoms with E-state index in [1.165, 1.54) is 24.3 Å². The van der Waals surface area contributed by atoms with E-state index in [0.717, 1.165) is 32.6 Å². The summed E-state index contributed by atoms with van der Waals surface area (Å²) in [5.74, 6) is -2.05. The van der Waals surface area contributed by atoms with Gasteiger partial charge >= 0.3 is 0 Å². The lowest BCUT2D eigenvalue weighted by molar-refractivity contribution is -0.384. The van der Waals surface area contributed by atoms with Crippen molar-refractivity contribution >= 4 is 35.1 Å². The van der Waals surface area contributed by atoms with Crippen LogP contribution in [0.15, 0.2) is 24.3 Å². The lowest BCUT2D eigenvalue weighted by Gasteiger charge is -2.30. The lowest BCUT2D eigenvalue weighted by atomic mass is 9.83. The minimum absolute atomic E-state index is 0.105. The van der Waals surface area contributed by atoms with Crippen molar-refractivity contribution in [2.24, 2.45) is 17.4 Å². The second-order valence-electron chi connectivity index (χ2n) is 10.9. The van der Waals surface area contributed by atoms with Crippen molar-refractivity contribution in [3.8, 4) is 0 Å². The number of hydrogen-bond acceptors (Lipinski definition) is 9. The zero-order valence-corrected chi connectivity index (χ0v) is 25.1. The zero-order valence-electron chi connectivity index (χ0n) is 25.1. The van der Waals surface area contributed by atoms with Crippen molar-refractivity contribution in [1.82, 2.24) is 10.6 Å². The number of nitrogens with zero attached hydrogens (tertiary/aromatic N) is 1. The third-order valence-electron chi connectivity index (χ3n) is 7.15. The van der Waals surface area contributed by atoms with E-state index >= 15 is 0 Å². The topological polar surface area (TPSA) is 240 Å². The molecule has 1 aromatic rings. The van der Waals surface area contributed by atoms with Crippen LogP contribution in [-0.4, -0.2) is 69.6 Å². The summed E-state index contributed by atoms with van der Waals surface area (Å²) in [6.07, 6.45) is 6.56. The van der Waals surface area contributed by atoms with E-state index in [1.54, 1.807) is 0 Å². The Labute approximate surface area is 252 Å². The highest BCUT2D eigenvalue weighted by Crippen LogP contribution is 2.28. The van der Waals surface area contributed by atoms with Gasteiger partial charge in [0.15, 0.2) is 0 Å². The quantitative estimate of drug-likeness (QED) is 0.0819. The predicted octanol–water partition coefficient (Wildman–Crippen LogP) is 2.18. The number of rotatable bonds is 16. The van der Waals surface area contributed by atoms with Crippen LogP contribution in [0.25, 0.3) is 0 Å². The predicted molar refractivity (Wildman–Crippen MR) is 162 cm³/mol. The summed E-state index contributed by atoms with van der Waals surface area (Å²) < 4.78 is 0. The highest BCUT2D eigenvalue weighted by Gasteiger charge is 2.31. The molecular weight excluding hydrogens is 560 g/mol. The van der Waals surface area contributed by atoms with E-state index in [0.29, 0.717) is 57.2 Å². The largest absolute Gasteiger partial charge is 0.481 e. The molecule has 0 bridgehead atoms. The maximum atomic E-state index is 13.5. The van der Waals surface area contributed by atoms with E-state index in [-0.39, 0.29) is 17.7 Å². The Kier molecular flexibility index (Phi) is 17.7. The normalized spacial score (nSPS) is 18.2. The molecule has 9 N–H and O–H groups in total. The summed E-state index contributed by atoms with van der Waals surface area (Å²) in [6, 6.07) is 2.90. The first-order chi connectivity index (χ1) is 20.4. The van der Waals surface area contributed by atoms with Crippen LogP contribution in [0.5, 0.6) is 0 Å². The molecule has 1 aliphatic rings. The molecule has 0 unspecified atom stereocenters. The number of nitrogens with one attached hydrogen (secondary N) is 3.